The van der Waals surface area contributed by atoms with Crippen molar-refractivity contribution in [2.24, 2.45) is 0 Å². The second-order valence-corrected chi connectivity index (χ2v) is 10.5. The summed E-state index contributed by atoms with van der Waals surface area (Å²) in [5.41, 5.74) is 2.20. The fraction of sp³-hybridized carbons (Fsp3) is 0.154. The van der Waals surface area contributed by atoms with Crippen molar-refractivity contribution < 1.29 is 24.0 Å². The van der Waals surface area contributed by atoms with Gasteiger partial charge in [0.1, 0.15) is 6.61 Å². The molecular weight excluding hydrogens is 631 g/mol. The lowest BCUT2D eigenvalue weighted by Crippen LogP contribution is -2.27. The normalized spacial score (nSPS) is 14.4. The summed E-state index contributed by atoms with van der Waals surface area (Å²) < 4.78 is 12.6. The first kappa shape index (κ1) is 27.0. The van der Waals surface area contributed by atoms with E-state index >= 15 is 0 Å². The van der Waals surface area contributed by atoms with E-state index in [-0.39, 0.29) is 17.1 Å². The zero-order valence-corrected chi connectivity index (χ0v) is 23.2. The minimum Gasteiger partial charge on any atom is -0.490 e. The van der Waals surface area contributed by atoms with Crippen molar-refractivity contribution >= 4 is 68.9 Å². The average molecular weight is 651 g/mol. The summed E-state index contributed by atoms with van der Waals surface area (Å²) in [6.07, 6.45) is 1.65. The summed E-state index contributed by atoms with van der Waals surface area (Å²) in [7, 11) is 0. The third-order valence-corrected chi connectivity index (χ3v) is 7.25. The number of amides is 2. The lowest BCUT2D eigenvalue weighted by atomic mass is 10.1. The monoisotopic (exact) mass is 650 g/mol. The summed E-state index contributed by atoms with van der Waals surface area (Å²) in [6.45, 7) is 2.64. The van der Waals surface area contributed by atoms with Crippen LogP contribution in [0.4, 0.5) is 10.5 Å². The maximum Gasteiger partial charge on any atom is 0.293 e. The molecule has 3 aromatic rings. The quantitative estimate of drug-likeness (QED) is 0.106. The maximum atomic E-state index is 13.0. The van der Waals surface area contributed by atoms with E-state index in [2.05, 4.69) is 22.6 Å². The fourth-order valence-electron chi connectivity index (χ4n) is 3.50. The van der Waals surface area contributed by atoms with Crippen molar-refractivity contribution in [1.29, 1.82) is 0 Å². The molecule has 2 amide bonds. The standard InChI is InChI=1S/C26H20ClIN2O6S/c1-2-35-22-12-18(11-21(28)24(22)36-15-17-3-7-19(27)8-4-17)13-23-25(31)29(26(32)37-23)14-16-5-9-20(10-6-16)30(33)34/h3-13H,2,14-15H2,1H3/b23-13-. The molecule has 0 aliphatic carbocycles. The van der Waals surface area contributed by atoms with Crippen LogP contribution >= 0.6 is 46.0 Å². The minimum atomic E-state index is -0.501. The number of thioether (sulfide) groups is 1. The second kappa shape index (κ2) is 12.0. The van der Waals surface area contributed by atoms with Gasteiger partial charge in [-0.1, -0.05) is 35.9 Å². The number of rotatable bonds is 9. The van der Waals surface area contributed by atoms with Gasteiger partial charge in [-0.05, 0) is 88.3 Å². The van der Waals surface area contributed by atoms with Crippen molar-refractivity contribution in [3.63, 3.8) is 0 Å². The van der Waals surface area contributed by atoms with E-state index in [4.69, 9.17) is 21.1 Å². The van der Waals surface area contributed by atoms with Crippen LogP contribution < -0.4 is 9.47 Å². The van der Waals surface area contributed by atoms with Gasteiger partial charge < -0.3 is 9.47 Å². The number of hydrogen-bond acceptors (Lipinski definition) is 7. The Bertz CT molecular complexity index is 1380. The van der Waals surface area contributed by atoms with Gasteiger partial charge >= 0.3 is 0 Å². The molecule has 1 fully saturated rings. The number of carbonyl (C=O) groups excluding carboxylic acids is 2. The number of halogens is 2. The van der Waals surface area contributed by atoms with Crippen LogP contribution in [0.5, 0.6) is 11.5 Å². The number of nitro groups is 1. The Hall–Kier alpha value is -3.09. The summed E-state index contributed by atoms with van der Waals surface area (Å²) in [5.74, 6) is 0.685. The van der Waals surface area contributed by atoms with Crippen LogP contribution in [0.3, 0.4) is 0 Å². The van der Waals surface area contributed by atoms with Gasteiger partial charge in [-0.25, -0.2) is 0 Å². The lowest BCUT2D eigenvalue weighted by Gasteiger charge is -2.15. The van der Waals surface area contributed by atoms with E-state index < -0.39 is 16.1 Å². The van der Waals surface area contributed by atoms with Gasteiger partial charge in [0, 0.05) is 17.2 Å². The van der Waals surface area contributed by atoms with E-state index in [1.54, 1.807) is 24.3 Å². The molecule has 0 aromatic heterocycles. The molecule has 11 heteroatoms. The largest absolute Gasteiger partial charge is 0.490 e. The highest BCUT2D eigenvalue weighted by atomic mass is 127. The first-order chi connectivity index (χ1) is 17.7. The Morgan fingerprint density at radius 2 is 1.73 bits per heavy atom. The number of imide groups is 1. The van der Waals surface area contributed by atoms with Gasteiger partial charge in [-0.15, -0.1) is 0 Å². The van der Waals surface area contributed by atoms with Crippen LogP contribution in [-0.2, 0) is 17.9 Å². The first-order valence-corrected chi connectivity index (χ1v) is 13.3. The van der Waals surface area contributed by atoms with E-state index in [0.717, 1.165) is 25.8 Å². The third-order valence-electron chi connectivity index (χ3n) is 5.29. The molecule has 0 bridgehead atoms. The lowest BCUT2D eigenvalue weighted by molar-refractivity contribution is -0.384. The Balaban J connectivity index is 1.52. The molecule has 3 aromatic carbocycles. The zero-order chi connectivity index (χ0) is 26.5. The Kier molecular flexibility index (Phi) is 8.72. The zero-order valence-electron chi connectivity index (χ0n) is 19.5. The molecule has 1 saturated heterocycles. The fourth-order valence-corrected chi connectivity index (χ4v) is 5.25. The van der Waals surface area contributed by atoms with Crippen molar-refractivity contribution in [3.8, 4) is 11.5 Å². The number of nitro benzene ring substituents is 1. The van der Waals surface area contributed by atoms with E-state index in [1.807, 2.05) is 25.1 Å². The molecule has 0 saturated carbocycles. The van der Waals surface area contributed by atoms with Crippen LogP contribution in [0.2, 0.25) is 5.02 Å². The molecule has 0 atom stereocenters. The van der Waals surface area contributed by atoms with Crippen molar-refractivity contribution in [2.75, 3.05) is 6.61 Å². The molecular formula is C26H20ClIN2O6S. The highest BCUT2D eigenvalue weighted by Crippen LogP contribution is 2.38. The molecule has 4 rings (SSSR count). The Morgan fingerprint density at radius 3 is 2.38 bits per heavy atom. The molecule has 0 N–H and O–H groups in total. The minimum absolute atomic E-state index is 0.0270. The summed E-state index contributed by atoms with van der Waals surface area (Å²) in [4.78, 5) is 37.3. The van der Waals surface area contributed by atoms with Crippen LogP contribution in [0, 0.1) is 13.7 Å². The van der Waals surface area contributed by atoms with Crippen molar-refractivity contribution in [1.82, 2.24) is 4.90 Å². The van der Waals surface area contributed by atoms with E-state index in [0.29, 0.717) is 40.9 Å². The summed E-state index contributed by atoms with van der Waals surface area (Å²) in [6, 6.07) is 16.7. The first-order valence-electron chi connectivity index (χ1n) is 11.1. The molecule has 8 nitrogen and oxygen atoms in total. The highest BCUT2D eigenvalue weighted by molar-refractivity contribution is 14.1. The van der Waals surface area contributed by atoms with Crippen LogP contribution in [0.15, 0.2) is 65.6 Å². The smallest absolute Gasteiger partial charge is 0.293 e. The van der Waals surface area contributed by atoms with Gasteiger partial charge in [0.25, 0.3) is 16.8 Å². The molecule has 1 aliphatic rings. The second-order valence-electron chi connectivity index (χ2n) is 7.87. The number of carbonyl (C=O) groups is 2. The third kappa shape index (κ3) is 6.62. The number of non-ortho nitro benzene ring substituents is 1. The van der Waals surface area contributed by atoms with E-state index in [9.17, 15) is 19.7 Å². The molecule has 0 radical (unpaired) electrons. The number of benzene rings is 3. The predicted octanol–water partition coefficient (Wildman–Crippen LogP) is 7.07. The summed E-state index contributed by atoms with van der Waals surface area (Å²) in [5, 5.41) is 11.1. The van der Waals surface area contributed by atoms with Crippen molar-refractivity contribution in [3.05, 3.63) is 101 Å². The van der Waals surface area contributed by atoms with Gasteiger partial charge in [-0.2, -0.15) is 0 Å². The summed E-state index contributed by atoms with van der Waals surface area (Å²) >= 11 is 8.95. The Morgan fingerprint density at radius 1 is 1.05 bits per heavy atom. The maximum absolute atomic E-state index is 13.0. The molecule has 0 unspecified atom stereocenters. The van der Waals surface area contributed by atoms with E-state index in [1.165, 1.54) is 24.3 Å². The number of nitrogens with zero attached hydrogens (tertiary/aromatic N) is 2. The molecule has 37 heavy (non-hydrogen) atoms. The number of hydrogen-bond donors (Lipinski definition) is 0. The Labute approximate surface area is 235 Å². The van der Waals surface area contributed by atoms with Crippen LogP contribution in [-0.4, -0.2) is 27.6 Å². The molecule has 0 spiro atoms. The highest BCUT2D eigenvalue weighted by Gasteiger charge is 2.35. The SMILES string of the molecule is CCOc1cc(/C=C2\SC(=O)N(Cc3ccc([N+](=O)[O-])cc3)C2=O)cc(I)c1OCc1ccc(Cl)cc1. The van der Waals surface area contributed by atoms with Gasteiger partial charge in [0.2, 0.25) is 0 Å². The average Bonchev–Trinajstić information content (AvgIpc) is 3.12. The van der Waals surface area contributed by atoms with Crippen LogP contribution in [0.1, 0.15) is 23.6 Å². The molecule has 190 valence electrons. The predicted molar refractivity (Wildman–Crippen MR) is 151 cm³/mol. The van der Waals surface area contributed by atoms with Gasteiger partial charge in [-0.3, -0.25) is 24.6 Å². The van der Waals surface area contributed by atoms with Crippen molar-refractivity contribution in [2.45, 2.75) is 20.1 Å². The van der Waals surface area contributed by atoms with Gasteiger partial charge in [0.15, 0.2) is 11.5 Å². The molecule has 1 aliphatic heterocycles. The number of ether oxygens (including phenoxy) is 2. The topological polar surface area (TPSA) is 99.0 Å². The van der Waals surface area contributed by atoms with Crippen LogP contribution in [0.25, 0.3) is 6.08 Å². The van der Waals surface area contributed by atoms with Gasteiger partial charge in [0.05, 0.1) is 26.6 Å². The molecule has 1 heterocycles.